The molecule has 15 aromatic carbocycles. The summed E-state index contributed by atoms with van der Waals surface area (Å²) in [5.74, 6) is 1.32. The normalized spacial score (nSPS) is 11.5. The van der Waals surface area contributed by atoms with Crippen LogP contribution in [0.4, 0.5) is 0 Å². The molecule has 0 atom stereocenters. The van der Waals surface area contributed by atoms with Crippen LogP contribution in [0.25, 0.3) is 210 Å². The van der Waals surface area contributed by atoms with Crippen molar-refractivity contribution in [3.05, 3.63) is 389 Å². The molecule has 21 aromatic rings. The Morgan fingerprint density at radius 2 is 0.427 bits per heavy atom. The van der Waals surface area contributed by atoms with Crippen LogP contribution in [0, 0.1) is 0 Å². The molecule has 0 bridgehead atoms. The molecule has 512 valence electrons. The number of para-hydroxylation sites is 2. The molecule has 21 rings (SSSR count). The molecule has 0 aliphatic carbocycles. The highest BCUT2D eigenvalue weighted by Crippen LogP contribution is 2.46. The summed E-state index contributed by atoms with van der Waals surface area (Å²) in [6.45, 7) is 0. The van der Waals surface area contributed by atoms with Crippen molar-refractivity contribution in [2.45, 2.75) is 0 Å². The standard InChI is InChI=1S/C54H34N4.C48H30N4/c1-2-14-35(15-3-1)36-27-29-37(30-28-36)54-57-49(34-50(58-54)48-26-10-11-31-55-48)40-18-12-16-38(32-40)39-17-13-19-41(33-39)53-52-45-23-7-5-21-43(45)42-20-4-6-22-44(42)51(52)46-24-8-9-25-47(46)56-53;1-2-14-31(15-3-1)48-51-43(30-44(52-48)42-26-10-11-27-49-42)34-18-12-16-32(28-34)33-17-13-19-35(29-33)47-46-39-23-7-5-21-37(39)36-20-4-6-22-38(36)45(46)40-24-8-9-25-41(40)50-47/h1-34H;1-30H. The van der Waals surface area contributed by atoms with Gasteiger partial charge in [-0.1, -0.05) is 303 Å². The molecule has 0 unspecified atom stereocenters. The second-order valence-electron chi connectivity index (χ2n) is 27.6. The van der Waals surface area contributed by atoms with Crippen LogP contribution in [0.5, 0.6) is 0 Å². The molecule has 0 spiro atoms. The van der Waals surface area contributed by atoms with Gasteiger partial charge in [0.05, 0.1) is 56.6 Å². The molecule has 0 aliphatic rings. The van der Waals surface area contributed by atoms with E-state index in [2.05, 4.69) is 301 Å². The van der Waals surface area contributed by atoms with Gasteiger partial charge in [-0.15, -0.1) is 0 Å². The maximum Gasteiger partial charge on any atom is 0.160 e. The summed E-state index contributed by atoms with van der Waals surface area (Å²) in [7, 11) is 0. The van der Waals surface area contributed by atoms with E-state index in [-0.39, 0.29) is 0 Å². The molecule has 0 amide bonds. The SMILES string of the molecule is c1ccc(-c2ccc(-c3nc(-c4cccc(-c5cccc(-c6nc7ccccc7c7c8ccccc8c8ccccc8c67)c5)c4)cc(-c4ccccn4)n3)cc2)cc1.c1ccc(-c2nc(-c3cccc(-c4cccc(-c5nc6ccccc6c6c7ccccc7c7ccccc7c56)c4)c3)cc(-c3ccccn3)n2)cc1. The van der Waals surface area contributed by atoms with Crippen LogP contribution < -0.4 is 0 Å². The smallest absolute Gasteiger partial charge is 0.160 e. The Bertz CT molecular complexity index is 7080. The van der Waals surface area contributed by atoms with E-state index < -0.39 is 0 Å². The number of benzene rings is 15. The lowest BCUT2D eigenvalue weighted by atomic mass is 9.89. The third-order valence-electron chi connectivity index (χ3n) is 21.0. The molecule has 0 radical (unpaired) electrons. The Kier molecular flexibility index (Phi) is 16.4. The molecule has 0 saturated carbocycles. The van der Waals surface area contributed by atoms with Crippen molar-refractivity contribution >= 4 is 86.4 Å². The molecule has 6 heterocycles. The summed E-state index contributed by atoms with van der Waals surface area (Å²) in [6, 6.07) is 132. The third kappa shape index (κ3) is 12.0. The first-order chi connectivity index (χ1) is 54.5. The fourth-order valence-corrected chi connectivity index (χ4v) is 15.8. The van der Waals surface area contributed by atoms with Crippen molar-refractivity contribution in [1.29, 1.82) is 0 Å². The van der Waals surface area contributed by atoms with E-state index >= 15 is 0 Å². The zero-order valence-electron chi connectivity index (χ0n) is 59.5. The summed E-state index contributed by atoms with van der Waals surface area (Å²) in [5.41, 5.74) is 21.5. The number of pyridine rings is 4. The number of aromatic nitrogens is 8. The predicted octanol–water partition coefficient (Wildman–Crippen LogP) is 26.1. The highest BCUT2D eigenvalue weighted by Gasteiger charge is 2.22. The van der Waals surface area contributed by atoms with Crippen molar-refractivity contribution in [2.24, 2.45) is 0 Å². The number of hydrogen-bond donors (Lipinski definition) is 0. The zero-order chi connectivity index (χ0) is 72.9. The van der Waals surface area contributed by atoms with Gasteiger partial charge in [0.15, 0.2) is 11.6 Å². The first-order valence-electron chi connectivity index (χ1n) is 37.0. The van der Waals surface area contributed by atoms with Crippen molar-refractivity contribution in [3.63, 3.8) is 0 Å². The number of fused-ring (bicyclic) bond motifs is 16. The lowest BCUT2D eigenvalue weighted by molar-refractivity contribution is 1.16. The zero-order valence-corrected chi connectivity index (χ0v) is 59.5. The number of hydrogen-bond acceptors (Lipinski definition) is 8. The molecule has 0 N–H and O–H groups in total. The molecule has 6 aromatic heterocycles. The van der Waals surface area contributed by atoms with Crippen LogP contribution in [0.15, 0.2) is 389 Å². The van der Waals surface area contributed by atoms with Gasteiger partial charge in [0.1, 0.15) is 0 Å². The average Bonchev–Trinajstić information content (AvgIpc) is 0.721. The van der Waals surface area contributed by atoms with Crippen LogP contribution in [0.3, 0.4) is 0 Å². The minimum Gasteiger partial charge on any atom is -0.255 e. The lowest BCUT2D eigenvalue weighted by Gasteiger charge is -2.16. The van der Waals surface area contributed by atoms with Gasteiger partial charge in [-0.3, -0.25) is 9.97 Å². The number of nitrogens with zero attached hydrogens (tertiary/aromatic N) is 8. The maximum absolute atomic E-state index is 5.41. The van der Waals surface area contributed by atoms with E-state index in [0.717, 1.165) is 129 Å². The van der Waals surface area contributed by atoms with Crippen molar-refractivity contribution in [1.82, 2.24) is 39.9 Å². The van der Waals surface area contributed by atoms with Gasteiger partial charge in [0.2, 0.25) is 0 Å². The molecule has 8 heteroatoms. The van der Waals surface area contributed by atoms with Crippen LogP contribution in [-0.2, 0) is 0 Å². The summed E-state index contributed by atoms with van der Waals surface area (Å²) < 4.78 is 0. The van der Waals surface area contributed by atoms with Gasteiger partial charge >= 0.3 is 0 Å². The second-order valence-corrected chi connectivity index (χ2v) is 27.6. The highest BCUT2D eigenvalue weighted by atomic mass is 14.9. The first-order valence-corrected chi connectivity index (χ1v) is 37.0. The Hall–Kier alpha value is -14.9. The maximum atomic E-state index is 5.41. The van der Waals surface area contributed by atoms with E-state index in [9.17, 15) is 0 Å². The van der Waals surface area contributed by atoms with E-state index in [1.807, 2.05) is 84.9 Å². The van der Waals surface area contributed by atoms with E-state index in [0.29, 0.717) is 11.6 Å². The molecule has 110 heavy (non-hydrogen) atoms. The second kappa shape index (κ2) is 27.9. The fraction of sp³-hybridized carbons (Fsp3) is 0. The Morgan fingerprint density at radius 1 is 0.145 bits per heavy atom. The molecule has 8 nitrogen and oxygen atoms in total. The van der Waals surface area contributed by atoms with E-state index in [1.54, 1.807) is 12.4 Å². The first kappa shape index (κ1) is 64.7. The average molecular weight is 1400 g/mol. The van der Waals surface area contributed by atoms with Gasteiger partial charge in [-0.2, -0.15) is 0 Å². The van der Waals surface area contributed by atoms with Gasteiger partial charge in [-0.05, 0) is 149 Å². The van der Waals surface area contributed by atoms with Crippen molar-refractivity contribution in [3.8, 4) is 124 Å². The molecular weight excluding hydrogens is 1340 g/mol. The number of rotatable bonds is 11. The Morgan fingerprint density at radius 3 is 0.827 bits per heavy atom. The van der Waals surface area contributed by atoms with Crippen molar-refractivity contribution < 1.29 is 0 Å². The van der Waals surface area contributed by atoms with Crippen LogP contribution in [-0.4, -0.2) is 39.9 Å². The molecule has 0 saturated heterocycles. The van der Waals surface area contributed by atoms with Gasteiger partial charge < -0.3 is 0 Å². The summed E-state index contributed by atoms with van der Waals surface area (Å²) in [6.07, 6.45) is 3.60. The van der Waals surface area contributed by atoms with E-state index in [1.165, 1.54) is 70.2 Å². The quantitative estimate of drug-likeness (QED) is 0.118. The van der Waals surface area contributed by atoms with Crippen LogP contribution >= 0.6 is 0 Å². The predicted molar refractivity (Wildman–Crippen MR) is 455 cm³/mol. The molecule has 0 aliphatic heterocycles. The highest BCUT2D eigenvalue weighted by molar-refractivity contribution is 6.35. The van der Waals surface area contributed by atoms with Crippen molar-refractivity contribution in [2.75, 3.05) is 0 Å². The lowest BCUT2D eigenvalue weighted by Crippen LogP contribution is -1.97. The van der Waals surface area contributed by atoms with Gasteiger partial charge in [0.25, 0.3) is 0 Å². The van der Waals surface area contributed by atoms with E-state index in [4.69, 9.17) is 29.9 Å². The summed E-state index contributed by atoms with van der Waals surface area (Å²) >= 11 is 0. The van der Waals surface area contributed by atoms with Crippen LogP contribution in [0.2, 0.25) is 0 Å². The topological polar surface area (TPSA) is 103 Å². The summed E-state index contributed by atoms with van der Waals surface area (Å²) in [4.78, 5) is 40.3. The minimum atomic E-state index is 0.652. The third-order valence-corrected chi connectivity index (χ3v) is 21.0. The largest absolute Gasteiger partial charge is 0.255 e. The molecular formula is C102H64N8. The minimum absolute atomic E-state index is 0.652. The Labute approximate surface area is 634 Å². The summed E-state index contributed by atoms with van der Waals surface area (Å²) in [5, 5.41) is 17.0. The van der Waals surface area contributed by atoms with Crippen LogP contribution in [0.1, 0.15) is 0 Å². The fourth-order valence-electron chi connectivity index (χ4n) is 15.8. The Balaban J connectivity index is 0.000000145. The monoisotopic (exact) mass is 1400 g/mol. The van der Waals surface area contributed by atoms with Gasteiger partial charge in [-0.25, -0.2) is 29.9 Å². The molecule has 0 fully saturated rings. The van der Waals surface area contributed by atoms with Gasteiger partial charge in [0, 0.05) is 78.1 Å².